The molecule has 1 aromatic heterocycles. The highest BCUT2D eigenvalue weighted by Crippen LogP contribution is 2.16. The van der Waals surface area contributed by atoms with Gasteiger partial charge < -0.3 is 20.1 Å². The maximum atomic E-state index is 12.4. The van der Waals surface area contributed by atoms with Gasteiger partial charge in [-0.25, -0.2) is 0 Å². The van der Waals surface area contributed by atoms with Gasteiger partial charge in [-0.15, -0.1) is 0 Å². The fraction of sp³-hybridized carbons (Fsp3) is 0.130. The van der Waals surface area contributed by atoms with Crippen molar-refractivity contribution in [2.24, 2.45) is 0 Å². The molecule has 8 heteroatoms. The largest absolute Gasteiger partial charge is 0.489 e. The smallest absolute Gasteiger partial charge is 0.325 e. The van der Waals surface area contributed by atoms with Gasteiger partial charge in [-0.3, -0.25) is 19.4 Å². The Labute approximate surface area is 179 Å². The van der Waals surface area contributed by atoms with E-state index in [-0.39, 0.29) is 12.5 Å². The summed E-state index contributed by atoms with van der Waals surface area (Å²) in [6.45, 7) is 0.175. The zero-order valence-corrected chi connectivity index (χ0v) is 16.8. The van der Waals surface area contributed by atoms with Crippen LogP contribution in [0.15, 0.2) is 73.1 Å². The molecule has 2 amide bonds. The Hall–Kier alpha value is -4.20. The van der Waals surface area contributed by atoms with E-state index in [1.165, 1.54) is 7.11 Å². The standard InChI is InChI=1S/C23H21N3O5/c1-30-21(27)14-25-22(28)17-4-8-19(9-5-17)26-23(29)18-6-10-20(11-7-18)31-15-16-3-2-12-24-13-16/h2-13H,14-15H2,1H3,(H,25,28)(H,26,29). The Morgan fingerprint density at radius 3 is 2.23 bits per heavy atom. The first-order valence-corrected chi connectivity index (χ1v) is 9.43. The average Bonchev–Trinajstić information content (AvgIpc) is 2.82. The molecule has 3 aromatic rings. The van der Waals surface area contributed by atoms with E-state index < -0.39 is 11.9 Å². The van der Waals surface area contributed by atoms with Crippen molar-refractivity contribution >= 4 is 23.5 Å². The zero-order valence-electron chi connectivity index (χ0n) is 16.8. The minimum absolute atomic E-state index is 0.213. The highest BCUT2D eigenvalue weighted by molar-refractivity contribution is 6.04. The van der Waals surface area contributed by atoms with Gasteiger partial charge in [-0.1, -0.05) is 6.07 Å². The van der Waals surface area contributed by atoms with Crippen LogP contribution in [-0.4, -0.2) is 36.4 Å². The summed E-state index contributed by atoms with van der Waals surface area (Å²) in [6.07, 6.45) is 3.43. The molecule has 2 N–H and O–H groups in total. The number of nitrogens with zero attached hydrogens (tertiary/aromatic N) is 1. The maximum absolute atomic E-state index is 12.4. The molecule has 0 unspecified atom stereocenters. The van der Waals surface area contributed by atoms with Crippen molar-refractivity contribution in [2.75, 3.05) is 19.0 Å². The number of carbonyl (C=O) groups excluding carboxylic acids is 3. The van der Waals surface area contributed by atoms with E-state index in [9.17, 15) is 14.4 Å². The number of ether oxygens (including phenoxy) is 2. The number of benzene rings is 2. The summed E-state index contributed by atoms with van der Waals surface area (Å²) < 4.78 is 10.2. The fourth-order valence-corrected chi connectivity index (χ4v) is 2.59. The monoisotopic (exact) mass is 419 g/mol. The number of hydrogen-bond acceptors (Lipinski definition) is 6. The Bertz CT molecular complexity index is 1040. The number of esters is 1. The van der Waals surface area contributed by atoms with E-state index in [0.717, 1.165) is 5.56 Å². The summed E-state index contributed by atoms with van der Waals surface area (Å²) >= 11 is 0. The lowest BCUT2D eigenvalue weighted by molar-refractivity contribution is -0.139. The van der Waals surface area contributed by atoms with Gasteiger partial charge >= 0.3 is 5.97 Å². The Morgan fingerprint density at radius 1 is 0.903 bits per heavy atom. The Balaban J connectivity index is 1.52. The van der Waals surface area contributed by atoms with Gasteiger partial charge in [0.2, 0.25) is 0 Å². The molecule has 0 radical (unpaired) electrons. The number of aromatic nitrogens is 1. The molecule has 3 rings (SSSR count). The van der Waals surface area contributed by atoms with Crippen LogP contribution < -0.4 is 15.4 Å². The number of rotatable bonds is 8. The molecule has 0 saturated heterocycles. The lowest BCUT2D eigenvalue weighted by atomic mass is 10.1. The summed E-state index contributed by atoms with van der Waals surface area (Å²) in [5.74, 6) is -0.597. The lowest BCUT2D eigenvalue weighted by Gasteiger charge is -2.09. The van der Waals surface area contributed by atoms with E-state index in [4.69, 9.17) is 4.74 Å². The lowest BCUT2D eigenvalue weighted by Crippen LogP contribution is -2.30. The van der Waals surface area contributed by atoms with Crippen LogP contribution in [0.5, 0.6) is 5.75 Å². The molecule has 0 atom stereocenters. The van der Waals surface area contributed by atoms with Crippen molar-refractivity contribution in [1.29, 1.82) is 0 Å². The van der Waals surface area contributed by atoms with E-state index >= 15 is 0 Å². The Morgan fingerprint density at radius 2 is 1.58 bits per heavy atom. The summed E-state index contributed by atoms with van der Waals surface area (Å²) in [5.41, 5.74) is 2.31. The minimum atomic E-state index is -0.536. The molecule has 0 bridgehead atoms. The molecule has 2 aromatic carbocycles. The summed E-state index contributed by atoms with van der Waals surface area (Å²) in [6, 6.07) is 16.9. The van der Waals surface area contributed by atoms with E-state index in [0.29, 0.717) is 29.2 Å². The zero-order chi connectivity index (χ0) is 22.1. The third-order valence-electron chi connectivity index (χ3n) is 4.27. The van der Waals surface area contributed by atoms with Gasteiger partial charge in [-0.2, -0.15) is 0 Å². The van der Waals surface area contributed by atoms with Crippen molar-refractivity contribution < 1.29 is 23.9 Å². The molecule has 158 valence electrons. The van der Waals surface area contributed by atoms with Crippen molar-refractivity contribution in [3.05, 3.63) is 89.7 Å². The van der Waals surface area contributed by atoms with Gasteiger partial charge in [0.25, 0.3) is 11.8 Å². The molecule has 8 nitrogen and oxygen atoms in total. The predicted octanol–water partition coefficient (Wildman–Crippen LogP) is 2.82. The number of methoxy groups -OCH3 is 1. The first-order chi connectivity index (χ1) is 15.0. The van der Waals surface area contributed by atoms with Crippen molar-refractivity contribution in [1.82, 2.24) is 10.3 Å². The van der Waals surface area contributed by atoms with Gasteiger partial charge in [-0.05, 0) is 54.6 Å². The molecule has 31 heavy (non-hydrogen) atoms. The minimum Gasteiger partial charge on any atom is -0.489 e. The number of amides is 2. The predicted molar refractivity (Wildman–Crippen MR) is 114 cm³/mol. The first kappa shape index (κ1) is 21.5. The molecular weight excluding hydrogens is 398 g/mol. The van der Waals surface area contributed by atoms with Crippen LogP contribution in [0.4, 0.5) is 5.69 Å². The van der Waals surface area contributed by atoms with Crippen LogP contribution >= 0.6 is 0 Å². The topological polar surface area (TPSA) is 107 Å². The normalized spacial score (nSPS) is 10.1. The second-order valence-electron chi connectivity index (χ2n) is 6.46. The highest BCUT2D eigenvalue weighted by Gasteiger charge is 2.10. The Kier molecular flexibility index (Phi) is 7.31. The third-order valence-corrected chi connectivity index (χ3v) is 4.27. The van der Waals surface area contributed by atoms with Crippen LogP contribution in [0.1, 0.15) is 26.3 Å². The van der Waals surface area contributed by atoms with Crippen molar-refractivity contribution in [3.8, 4) is 5.75 Å². The fourth-order valence-electron chi connectivity index (χ4n) is 2.59. The van der Waals surface area contributed by atoms with Crippen LogP contribution in [0, 0.1) is 0 Å². The molecule has 0 spiro atoms. The molecule has 1 heterocycles. The molecular formula is C23H21N3O5. The number of hydrogen-bond donors (Lipinski definition) is 2. The SMILES string of the molecule is COC(=O)CNC(=O)c1ccc(NC(=O)c2ccc(OCc3cccnc3)cc2)cc1. The summed E-state index contributed by atoms with van der Waals surface area (Å²) in [5, 5.41) is 5.21. The van der Waals surface area contributed by atoms with Crippen LogP contribution in [0.25, 0.3) is 0 Å². The van der Waals surface area contributed by atoms with Gasteiger partial charge in [0.05, 0.1) is 7.11 Å². The van der Waals surface area contributed by atoms with Gasteiger partial charge in [0.1, 0.15) is 18.9 Å². The number of pyridine rings is 1. The maximum Gasteiger partial charge on any atom is 0.325 e. The van der Waals surface area contributed by atoms with E-state index in [1.807, 2.05) is 12.1 Å². The quantitative estimate of drug-likeness (QED) is 0.544. The molecule has 0 aliphatic carbocycles. The second kappa shape index (κ2) is 10.5. The number of nitrogens with one attached hydrogen (secondary N) is 2. The number of anilines is 1. The van der Waals surface area contributed by atoms with Crippen molar-refractivity contribution in [3.63, 3.8) is 0 Å². The second-order valence-corrected chi connectivity index (χ2v) is 6.46. The molecule has 0 aliphatic heterocycles. The van der Waals surface area contributed by atoms with Crippen LogP contribution in [0.2, 0.25) is 0 Å². The third kappa shape index (κ3) is 6.40. The van der Waals surface area contributed by atoms with E-state index in [2.05, 4.69) is 20.4 Å². The summed E-state index contributed by atoms with van der Waals surface area (Å²) in [7, 11) is 1.25. The van der Waals surface area contributed by atoms with Crippen LogP contribution in [-0.2, 0) is 16.1 Å². The van der Waals surface area contributed by atoms with Gasteiger partial charge in [0, 0.05) is 34.8 Å². The van der Waals surface area contributed by atoms with Crippen molar-refractivity contribution in [2.45, 2.75) is 6.61 Å². The molecule has 0 saturated carbocycles. The summed E-state index contributed by atoms with van der Waals surface area (Å²) in [4.78, 5) is 39.5. The molecule has 0 aliphatic rings. The van der Waals surface area contributed by atoms with Crippen LogP contribution in [0.3, 0.4) is 0 Å². The molecule has 0 fully saturated rings. The van der Waals surface area contributed by atoms with Gasteiger partial charge in [0.15, 0.2) is 0 Å². The first-order valence-electron chi connectivity index (χ1n) is 9.43. The average molecular weight is 419 g/mol. The van der Waals surface area contributed by atoms with E-state index in [1.54, 1.807) is 60.9 Å². The highest BCUT2D eigenvalue weighted by atomic mass is 16.5. The number of carbonyl (C=O) groups is 3.